The van der Waals surface area contributed by atoms with Crippen LogP contribution in [0.2, 0.25) is 0 Å². The topological polar surface area (TPSA) is 24.5 Å². The standard InChI is InChI=1S/C14H26N2O/c1-3-4-5-9-16-10-6-7-14(13-16)12-15-8-11-17-2/h14-15H,5-13H2,1-2H3. The molecule has 1 fully saturated rings. The normalized spacial score (nSPS) is 20.9. The number of likely N-dealkylation sites (tertiary alicyclic amines) is 1. The van der Waals surface area contributed by atoms with Crippen molar-refractivity contribution >= 4 is 0 Å². The largest absolute Gasteiger partial charge is 0.383 e. The molecule has 1 aliphatic rings. The third-order valence-corrected chi connectivity index (χ3v) is 3.25. The zero-order chi connectivity index (χ0) is 12.3. The molecule has 0 radical (unpaired) electrons. The molecule has 0 aromatic rings. The predicted octanol–water partition coefficient (Wildman–Crippen LogP) is 1.35. The Balaban J connectivity index is 2.11. The van der Waals surface area contributed by atoms with Crippen LogP contribution in [0, 0.1) is 17.8 Å². The van der Waals surface area contributed by atoms with Crippen LogP contribution in [0.1, 0.15) is 26.2 Å². The SMILES string of the molecule is CC#CCCN1CCCC(CNCCOC)C1. The number of rotatable bonds is 7. The van der Waals surface area contributed by atoms with Crippen LogP contribution in [-0.2, 0) is 4.74 Å². The lowest BCUT2D eigenvalue weighted by molar-refractivity contribution is 0.167. The first kappa shape index (κ1) is 14.5. The van der Waals surface area contributed by atoms with Crippen molar-refractivity contribution in [3.8, 4) is 11.8 Å². The highest BCUT2D eigenvalue weighted by Gasteiger charge is 2.18. The van der Waals surface area contributed by atoms with Crippen molar-refractivity contribution < 1.29 is 4.74 Å². The molecule has 1 heterocycles. The monoisotopic (exact) mass is 238 g/mol. The van der Waals surface area contributed by atoms with E-state index < -0.39 is 0 Å². The molecule has 1 saturated heterocycles. The molecule has 0 saturated carbocycles. The van der Waals surface area contributed by atoms with Gasteiger partial charge in [0.2, 0.25) is 0 Å². The number of nitrogens with zero attached hydrogens (tertiary/aromatic N) is 1. The Morgan fingerprint density at radius 1 is 1.47 bits per heavy atom. The van der Waals surface area contributed by atoms with E-state index in [-0.39, 0.29) is 0 Å². The van der Waals surface area contributed by atoms with Crippen molar-refractivity contribution in [2.75, 3.05) is 46.4 Å². The van der Waals surface area contributed by atoms with E-state index in [1.54, 1.807) is 7.11 Å². The summed E-state index contributed by atoms with van der Waals surface area (Å²) >= 11 is 0. The molecule has 0 aromatic carbocycles. The van der Waals surface area contributed by atoms with Gasteiger partial charge >= 0.3 is 0 Å². The first-order valence-electron chi connectivity index (χ1n) is 6.68. The Morgan fingerprint density at radius 2 is 2.35 bits per heavy atom. The Hall–Kier alpha value is -0.560. The smallest absolute Gasteiger partial charge is 0.0587 e. The quantitative estimate of drug-likeness (QED) is 0.535. The summed E-state index contributed by atoms with van der Waals surface area (Å²) in [7, 11) is 1.75. The second-order valence-electron chi connectivity index (χ2n) is 4.68. The third-order valence-electron chi connectivity index (χ3n) is 3.25. The van der Waals surface area contributed by atoms with Gasteiger partial charge in [-0.2, -0.15) is 0 Å². The van der Waals surface area contributed by atoms with Gasteiger partial charge in [0.1, 0.15) is 0 Å². The number of methoxy groups -OCH3 is 1. The molecule has 1 N–H and O–H groups in total. The summed E-state index contributed by atoms with van der Waals surface area (Å²) in [5.41, 5.74) is 0. The van der Waals surface area contributed by atoms with Crippen LogP contribution in [0.25, 0.3) is 0 Å². The summed E-state index contributed by atoms with van der Waals surface area (Å²) in [5, 5.41) is 3.46. The molecule has 1 atom stereocenters. The van der Waals surface area contributed by atoms with Crippen molar-refractivity contribution in [2.45, 2.75) is 26.2 Å². The fourth-order valence-corrected chi connectivity index (χ4v) is 2.34. The van der Waals surface area contributed by atoms with Gasteiger partial charge in [0, 0.05) is 33.2 Å². The zero-order valence-electron chi connectivity index (χ0n) is 11.3. The molecule has 0 aromatic heterocycles. The molecule has 0 aliphatic carbocycles. The van der Waals surface area contributed by atoms with Gasteiger partial charge in [-0.15, -0.1) is 11.8 Å². The van der Waals surface area contributed by atoms with E-state index in [0.29, 0.717) is 0 Å². The van der Waals surface area contributed by atoms with Gasteiger partial charge in [-0.05, 0) is 38.8 Å². The molecule has 98 valence electrons. The van der Waals surface area contributed by atoms with Crippen LogP contribution in [0.15, 0.2) is 0 Å². The molecule has 0 bridgehead atoms. The van der Waals surface area contributed by atoms with Gasteiger partial charge in [-0.3, -0.25) is 0 Å². The highest BCUT2D eigenvalue weighted by atomic mass is 16.5. The van der Waals surface area contributed by atoms with E-state index in [1.165, 1.54) is 25.9 Å². The van der Waals surface area contributed by atoms with Gasteiger partial charge < -0.3 is 15.0 Å². The van der Waals surface area contributed by atoms with Crippen LogP contribution in [0.4, 0.5) is 0 Å². The molecular formula is C14H26N2O. The summed E-state index contributed by atoms with van der Waals surface area (Å²) in [4.78, 5) is 2.55. The maximum absolute atomic E-state index is 5.03. The van der Waals surface area contributed by atoms with Gasteiger partial charge in [0.15, 0.2) is 0 Å². The van der Waals surface area contributed by atoms with Gasteiger partial charge in [-0.1, -0.05) is 0 Å². The minimum Gasteiger partial charge on any atom is -0.383 e. The number of hydrogen-bond donors (Lipinski definition) is 1. The predicted molar refractivity (Wildman–Crippen MR) is 72.0 cm³/mol. The van der Waals surface area contributed by atoms with Crippen molar-refractivity contribution in [1.82, 2.24) is 10.2 Å². The van der Waals surface area contributed by atoms with Crippen LogP contribution in [0.3, 0.4) is 0 Å². The molecule has 1 unspecified atom stereocenters. The van der Waals surface area contributed by atoms with E-state index in [0.717, 1.165) is 38.6 Å². The average molecular weight is 238 g/mol. The third kappa shape index (κ3) is 6.68. The fourth-order valence-electron chi connectivity index (χ4n) is 2.34. The molecule has 0 amide bonds. The molecule has 0 spiro atoms. The maximum Gasteiger partial charge on any atom is 0.0587 e. The van der Waals surface area contributed by atoms with Crippen LogP contribution in [0.5, 0.6) is 0 Å². The van der Waals surface area contributed by atoms with E-state index in [1.807, 2.05) is 6.92 Å². The van der Waals surface area contributed by atoms with E-state index in [4.69, 9.17) is 4.74 Å². The molecule has 3 heteroatoms. The highest BCUT2D eigenvalue weighted by molar-refractivity contribution is 4.95. The first-order valence-corrected chi connectivity index (χ1v) is 6.68. The van der Waals surface area contributed by atoms with Gasteiger partial charge in [-0.25, -0.2) is 0 Å². The minimum absolute atomic E-state index is 0.801. The Labute approximate surface area is 106 Å². The summed E-state index contributed by atoms with van der Waals surface area (Å²) < 4.78 is 5.03. The van der Waals surface area contributed by atoms with Gasteiger partial charge in [0.05, 0.1) is 6.61 Å². The second kappa shape index (κ2) is 9.47. The fraction of sp³-hybridized carbons (Fsp3) is 0.857. The maximum atomic E-state index is 5.03. The number of ether oxygens (including phenoxy) is 1. The van der Waals surface area contributed by atoms with Crippen molar-refractivity contribution in [1.29, 1.82) is 0 Å². The van der Waals surface area contributed by atoms with Crippen LogP contribution in [-0.4, -0.2) is 51.3 Å². The number of piperidine rings is 1. The highest BCUT2D eigenvalue weighted by Crippen LogP contribution is 2.15. The molecular weight excluding hydrogens is 212 g/mol. The summed E-state index contributed by atoms with van der Waals surface area (Å²) in [6.45, 7) is 8.43. The van der Waals surface area contributed by atoms with E-state index >= 15 is 0 Å². The first-order chi connectivity index (χ1) is 8.36. The average Bonchev–Trinajstić information content (AvgIpc) is 2.36. The zero-order valence-corrected chi connectivity index (χ0v) is 11.3. The Morgan fingerprint density at radius 3 is 3.12 bits per heavy atom. The molecule has 3 nitrogen and oxygen atoms in total. The molecule has 1 aliphatic heterocycles. The van der Waals surface area contributed by atoms with Crippen molar-refractivity contribution in [2.24, 2.45) is 5.92 Å². The second-order valence-corrected chi connectivity index (χ2v) is 4.68. The number of hydrogen-bond acceptors (Lipinski definition) is 3. The van der Waals surface area contributed by atoms with Crippen molar-refractivity contribution in [3.05, 3.63) is 0 Å². The van der Waals surface area contributed by atoms with E-state index in [9.17, 15) is 0 Å². The lowest BCUT2D eigenvalue weighted by Gasteiger charge is -2.32. The van der Waals surface area contributed by atoms with E-state index in [2.05, 4.69) is 22.1 Å². The number of nitrogens with one attached hydrogen (secondary N) is 1. The Kier molecular flexibility index (Phi) is 8.08. The van der Waals surface area contributed by atoms with Crippen LogP contribution >= 0.6 is 0 Å². The summed E-state index contributed by atoms with van der Waals surface area (Å²) in [5.74, 6) is 6.91. The molecule has 17 heavy (non-hydrogen) atoms. The lowest BCUT2D eigenvalue weighted by Crippen LogP contribution is -2.40. The lowest BCUT2D eigenvalue weighted by atomic mass is 9.98. The molecule has 1 rings (SSSR count). The van der Waals surface area contributed by atoms with Crippen LogP contribution < -0.4 is 5.32 Å². The summed E-state index contributed by atoms with van der Waals surface area (Å²) in [6.07, 6.45) is 3.70. The minimum atomic E-state index is 0.801. The summed E-state index contributed by atoms with van der Waals surface area (Å²) in [6, 6.07) is 0. The van der Waals surface area contributed by atoms with Crippen molar-refractivity contribution in [3.63, 3.8) is 0 Å². The van der Waals surface area contributed by atoms with Gasteiger partial charge in [0.25, 0.3) is 0 Å². The Bertz CT molecular complexity index is 244.